The minimum atomic E-state index is 0.898. The lowest BCUT2D eigenvalue weighted by atomic mass is 9.87. The molecular formula is C13H28N2+2. The summed E-state index contributed by atoms with van der Waals surface area (Å²) in [5.74, 6) is 0.997. The van der Waals surface area contributed by atoms with Crippen molar-refractivity contribution in [2.24, 2.45) is 5.92 Å². The molecule has 0 saturated carbocycles. The van der Waals surface area contributed by atoms with Gasteiger partial charge in [0.05, 0.1) is 39.8 Å². The van der Waals surface area contributed by atoms with Crippen molar-refractivity contribution in [2.75, 3.05) is 46.8 Å². The van der Waals surface area contributed by atoms with Gasteiger partial charge in [0.1, 0.15) is 13.1 Å². The van der Waals surface area contributed by atoms with Gasteiger partial charge in [-0.05, 0) is 13.8 Å². The lowest BCUT2D eigenvalue weighted by Crippen LogP contribution is -2.65. The van der Waals surface area contributed by atoms with E-state index >= 15 is 0 Å². The van der Waals surface area contributed by atoms with Gasteiger partial charge < -0.3 is 8.97 Å². The molecule has 0 aromatic heterocycles. The molecule has 2 nitrogen and oxygen atoms in total. The Morgan fingerprint density at radius 3 is 2.47 bits per heavy atom. The van der Waals surface area contributed by atoms with E-state index in [1.807, 2.05) is 0 Å². The average molecular weight is 212 g/mol. The van der Waals surface area contributed by atoms with Crippen LogP contribution in [0.4, 0.5) is 0 Å². The Morgan fingerprint density at radius 2 is 1.87 bits per heavy atom. The molecule has 2 bridgehead atoms. The Morgan fingerprint density at radius 1 is 1.13 bits per heavy atom. The molecule has 3 rings (SSSR count). The summed E-state index contributed by atoms with van der Waals surface area (Å²) in [7, 11) is 4.94. The van der Waals surface area contributed by atoms with E-state index in [1.165, 1.54) is 54.5 Å². The Balaban J connectivity index is 2.16. The lowest BCUT2D eigenvalue weighted by molar-refractivity contribution is -0.991. The summed E-state index contributed by atoms with van der Waals surface area (Å²) in [6.45, 7) is 11.8. The van der Waals surface area contributed by atoms with E-state index in [-0.39, 0.29) is 0 Å². The maximum Gasteiger partial charge on any atom is 0.128 e. The molecule has 0 aliphatic carbocycles. The first kappa shape index (κ1) is 11.4. The van der Waals surface area contributed by atoms with Crippen LogP contribution < -0.4 is 0 Å². The van der Waals surface area contributed by atoms with Crippen LogP contribution in [0.25, 0.3) is 0 Å². The van der Waals surface area contributed by atoms with E-state index < -0.39 is 0 Å². The van der Waals surface area contributed by atoms with Crippen molar-refractivity contribution in [1.82, 2.24) is 0 Å². The highest BCUT2D eigenvalue weighted by Crippen LogP contribution is 2.32. The number of hydrogen-bond donors (Lipinski definition) is 0. The van der Waals surface area contributed by atoms with Crippen LogP contribution in [0.1, 0.15) is 26.7 Å². The van der Waals surface area contributed by atoms with Gasteiger partial charge in [0, 0.05) is 18.8 Å². The zero-order valence-corrected chi connectivity index (χ0v) is 11.0. The maximum atomic E-state index is 2.48. The van der Waals surface area contributed by atoms with Crippen LogP contribution in [0.2, 0.25) is 0 Å². The van der Waals surface area contributed by atoms with Gasteiger partial charge in [-0.15, -0.1) is 0 Å². The van der Waals surface area contributed by atoms with Crippen LogP contribution in [0.5, 0.6) is 0 Å². The molecule has 4 unspecified atom stereocenters. The van der Waals surface area contributed by atoms with Gasteiger partial charge in [-0.1, -0.05) is 0 Å². The maximum absolute atomic E-state index is 2.48. The van der Waals surface area contributed by atoms with Gasteiger partial charge >= 0.3 is 0 Å². The molecule has 3 aliphatic rings. The molecule has 0 N–H and O–H groups in total. The van der Waals surface area contributed by atoms with Gasteiger partial charge in [0.15, 0.2) is 0 Å². The second-order valence-electron chi connectivity index (χ2n) is 6.51. The van der Waals surface area contributed by atoms with Gasteiger partial charge in [-0.2, -0.15) is 0 Å². The third-order valence-electron chi connectivity index (χ3n) is 5.40. The van der Waals surface area contributed by atoms with Crippen LogP contribution in [-0.2, 0) is 0 Å². The second kappa shape index (κ2) is 3.74. The van der Waals surface area contributed by atoms with Gasteiger partial charge in [-0.25, -0.2) is 0 Å². The van der Waals surface area contributed by atoms with Crippen molar-refractivity contribution in [3.8, 4) is 0 Å². The van der Waals surface area contributed by atoms with Crippen LogP contribution in [0, 0.1) is 5.92 Å². The first-order chi connectivity index (χ1) is 6.97. The van der Waals surface area contributed by atoms with Gasteiger partial charge in [0.25, 0.3) is 0 Å². The predicted octanol–water partition coefficient (Wildman–Crippen LogP) is 1.71. The summed E-state index contributed by atoms with van der Waals surface area (Å²) in [6.07, 6.45) is 2.93. The zero-order chi connectivity index (χ0) is 11.1. The van der Waals surface area contributed by atoms with E-state index in [2.05, 4.69) is 27.9 Å². The highest BCUT2D eigenvalue weighted by atomic mass is 15.4. The molecule has 3 saturated heterocycles. The van der Waals surface area contributed by atoms with E-state index in [0.717, 1.165) is 12.0 Å². The molecule has 0 aromatic rings. The van der Waals surface area contributed by atoms with Crippen molar-refractivity contribution in [3.63, 3.8) is 0 Å². The Hall–Kier alpha value is -0.0800. The first-order valence-electron chi connectivity index (χ1n) is 6.65. The number of fused-ring (bicyclic) bond motifs is 5. The van der Waals surface area contributed by atoms with Gasteiger partial charge in [0.2, 0.25) is 0 Å². The second-order valence-corrected chi connectivity index (χ2v) is 6.51. The predicted molar refractivity (Wildman–Crippen MR) is 64.6 cm³/mol. The molecule has 3 fully saturated rings. The summed E-state index contributed by atoms with van der Waals surface area (Å²) in [5.41, 5.74) is 0. The molecule has 0 spiro atoms. The van der Waals surface area contributed by atoms with Crippen LogP contribution in [0.3, 0.4) is 0 Å². The molecule has 3 aliphatic heterocycles. The highest BCUT2D eigenvalue weighted by molar-refractivity contribution is 4.72. The molecule has 3 heterocycles. The zero-order valence-electron chi connectivity index (χ0n) is 11.0. The average Bonchev–Trinajstić information content (AvgIpc) is 2.20. The monoisotopic (exact) mass is 212 g/mol. The minimum absolute atomic E-state index is 0.898. The smallest absolute Gasteiger partial charge is 0.128 e. The van der Waals surface area contributed by atoms with Crippen molar-refractivity contribution >= 4 is 0 Å². The number of hydrogen-bond acceptors (Lipinski definition) is 0. The third-order valence-corrected chi connectivity index (χ3v) is 5.40. The molecule has 0 aromatic carbocycles. The normalized spacial score (nSPS) is 51.2. The van der Waals surface area contributed by atoms with Crippen LogP contribution in [0.15, 0.2) is 0 Å². The summed E-state index contributed by atoms with van der Waals surface area (Å²) in [6, 6.07) is 0.898. The van der Waals surface area contributed by atoms with Gasteiger partial charge in [-0.3, -0.25) is 0 Å². The molecule has 2 heteroatoms. The lowest BCUT2D eigenvalue weighted by Gasteiger charge is -2.51. The van der Waals surface area contributed by atoms with E-state index in [9.17, 15) is 0 Å². The Bertz CT molecular complexity index is 241. The molecule has 15 heavy (non-hydrogen) atoms. The largest absolute Gasteiger partial charge is 0.321 e. The molecule has 0 amide bonds. The molecule has 0 radical (unpaired) electrons. The molecular weight excluding hydrogens is 184 g/mol. The van der Waals surface area contributed by atoms with Crippen molar-refractivity contribution in [1.29, 1.82) is 0 Å². The Kier molecular flexibility index (Phi) is 2.85. The summed E-state index contributed by atoms with van der Waals surface area (Å²) in [4.78, 5) is 0. The fraction of sp³-hybridized carbons (Fsp3) is 1.00. The number of nitrogens with zero attached hydrogens (tertiary/aromatic N) is 2. The van der Waals surface area contributed by atoms with E-state index in [1.54, 1.807) is 0 Å². The molecule has 4 atom stereocenters. The number of rotatable bonds is 1. The first-order valence-corrected chi connectivity index (χ1v) is 6.65. The number of quaternary nitrogens is 2. The topological polar surface area (TPSA) is 0 Å². The fourth-order valence-electron chi connectivity index (χ4n) is 3.52. The highest BCUT2D eigenvalue weighted by Gasteiger charge is 2.43. The molecule has 88 valence electrons. The number of piperidine rings is 1. The fourth-order valence-corrected chi connectivity index (χ4v) is 3.52. The third kappa shape index (κ3) is 2.07. The van der Waals surface area contributed by atoms with Crippen LogP contribution >= 0.6 is 0 Å². The Labute approximate surface area is 95.0 Å². The van der Waals surface area contributed by atoms with Crippen molar-refractivity contribution in [2.45, 2.75) is 32.7 Å². The summed E-state index contributed by atoms with van der Waals surface area (Å²) in [5, 5.41) is 0. The summed E-state index contributed by atoms with van der Waals surface area (Å²) >= 11 is 0. The summed E-state index contributed by atoms with van der Waals surface area (Å²) < 4.78 is 2.65. The van der Waals surface area contributed by atoms with Crippen LogP contribution in [-0.4, -0.2) is 61.8 Å². The standard InChI is InChI=1S/C13H28N2/c1-5-14(3)8-9-15(4)7-6-13(11-14)10-12(15)2/h12-13H,5-11H2,1-4H3/q+2. The number of likely N-dealkylation sites (N-methyl/N-ethyl adjacent to an activating group) is 2. The van der Waals surface area contributed by atoms with E-state index in [4.69, 9.17) is 0 Å². The van der Waals surface area contributed by atoms with E-state index in [0.29, 0.717) is 0 Å². The quantitative estimate of drug-likeness (QED) is 0.581. The van der Waals surface area contributed by atoms with Crippen molar-refractivity contribution < 1.29 is 8.97 Å². The minimum Gasteiger partial charge on any atom is -0.321 e. The van der Waals surface area contributed by atoms with Crippen molar-refractivity contribution in [3.05, 3.63) is 0 Å². The SMILES string of the molecule is CC[N+]1(C)CC[N+]2(C)CCC(CC2C)C1.